The van der Waals surface area contributed by atoms with Gasteiger partial charge in [0.1, 0.15) is 11.6 Å². The van der Waals surface area contributed by atoms with Crippen LogP contribution in [-0.2, 0) is 11.0 Å². The molecule has 3 rings (SSSR count). The van der Waals surface area contributed by atoms with Crippen LogP contribution < -0.4 is 14.8 Å². The van der Waals surface area contributed by atoms with Gasteiger partial charge in [-0.1, -0.05) is 29.8 Å². The van der Waals surface area contributed by atoms with Crippen molar-refractivity contribution in [3.8, 4) is 17.6 Å². The van der Waals surface area contributed by atoms with E-state index >= 15 is 0 Å². The van der Waals surface area contributed by atoms with Crippen molar-refractivity contribution in [1.82, 2.24) is 0 Å². The summed E-state index contributed by atoms with van der Waals surface area (Å²) in [6.07, 6.45) is -3.33. The summed E-state index contributed by atoms with van der Waals surface area (Å²) < 4.78 is 49.8. The number of esters is 1. The van der Waals surface area contributed by atoms with Gasteiger partial charge in [-0.05, 0) is 68.0 Å². The molecule has 0 heterocycles. The number of nitrogens with zero attached hydrogens (tertiary/aromatic N) is 1. The number of anilines is 1. The summed E-state index contributed by atoms with van der Waals surface area (Å²) in [6.45, 7) is 3.88. The molecule has 36 heavy (non-hydrogen) atoms. The van der Waals surface area contributed by atoms with E-state index in [1.165, 1.54) is 30.3 Å². The molecule has 0 atom stereocenters. The van der Waals surface area contributed by atoms with Crippen LogP contribution in [0.5, 0.6) is 11.5 Å². The van der Waals surface area contributed by atoms with Crippen LogP contribution in [0.15, 0.2) is 72.3 Å². The molecule has 9 heteroatoms. The number of amides is 1. The van der Waals surface area contributed by atoms with Gasteiger partial charge < -0.3 is 14.8 Å². The molecule has 6 nitrogen and oxygen atoms in total. The van der Waals surface area contributed by atoms with Crippen LogP contribution in [0, 0.1) is 18.3 Å². The van der Waals surface area contributed by atoms with Crippen molar-refractivity contribution < 1.29 is 32.2 Å². The molecule has 0 bridgehead atoms. The highest BCUT2D eigenvalue weighted by atomic mass is 19.4. The van der Waals surface area contributed by atoms with Gasteiger partial charge in [0.15, 0.2) is 11.5 Å². The van der Waals surface area contributed by atoms with Crippen LogP contribution in [-0.4, -0.2) is 18.5 Å². The van der Waals surface area contributed by atoms with Gasteiger partial charge in [-0.3, -0.25) is 4.79 Å². The van der Waals surface area contributed by atoms with Crippen LogP contribution >= 0.6 is 0 Å². The number of nitrogens with one attached hydrogen (secondary N) is 1. The number of hydrogen-bond acceptors (Lipinski definition) is 5. The molecule has 0 radical (unpaired) electrons. The molecule has 0 aliphatic rings. The van der Waals surface area contributed by atoms with E-state index in [1.807, 2.05) is 6.92 Å². The molecule has 1 amide bonds. The largest absolute Gasteiger partial charge is 0.490 e. The number of ether oxygens (including phenoxy) is 2. The summed E-state index contributed by atoms with van der Waals surface area (Å²) in [5.41, 5.74) is 0.334. The fourth-order valence-corrected chi connectivity index (χ4v) is 3.10. The number of alkyl halides is 3. The van der Waals surface area contributed by atoms with E-state index in [4.69, 9.17) is 9.47 Å². The first-order valence-corrected chi connectivity index (χ1v) is 10.8. The van der Waals surface area contributed by atoms with Gasteiger partial charge in [0.25, 0.3) is 5.91 Å². The van der Waals surface area contributed by atoms with Gasteiger partial charge in [0, 0.05) is 5.69 Å². The Morgan fingerprint density at radius 2 is 1.75 bits per heavy atom. The zero-order valence-corrected chi connectivity index (χ0v) is 19.3. The normalized spacial score (nSPS) is 11.4. The van der Waals surface area contributed by atoms with Crippen molar-refractivity contribution in [2.45, 2.75) is 20.0 Å². The predicted octanol–water partition coefficient (Wildman–Crippen LogP) is 6.18. The number of carbonyl (C=O) groups is 2. The first kappa shape index (κ1) is 26.0. The summed E-state index contributed by atoms with van der Waals surface area (Å²) in [6, 6.07) is 17.1. The van der Waals surface area contributed by atoms with Crippen LogP contribution in [0.2, 0.25) is 0 Å². The van der Waals surface area contributed by atoms with Crippen molar-refractivity contribution in [3.05, 3.63) is 94.6 Å². The van der Waals surface area contributed by atoms with Crippen LogP contribution in [0.3, 0.4) is 0 Å². The van der Waals surface area contributed by atoms with E-state index in [-0.39, 0.29) is 29.4 Å². The Hall–Kier alpha value is -4.58. The lowest BCUT2D eigenvalue weighted by molar-refractivity contribution is -0.137. The first-order valence-electron chi connectivity index (χ1n) is 10.8. The molecule has 0 fully saturated rings. The summed E-state index contributed by atoms with van der Waals surface area (Å²) in [5.74, 6) is -1.11. The Balaban J connectivity index is 1.82. The second kappa shape index (κ2) is 11.2. The predicted molar refractivity (Wildman–Crippen MR) is 127 cm³/mol. The lowest BCUT2D eigenvalue weighted by Gasteiger charge is -2.12. The highest BCUT2D eigenvalue weighted by Gasteiger charge is 2.30. The smallest absolute Gasteiger partial charge is 0.416 e. The van der Waals surface area contributed by atoms with E-state index in [0.717, 1.165) is 23.8 Å². The minimum atomic E-state index is -4.57. The van der Waals surface area contributed by atoms with E-state index < -0.39 is 23.6 Å². The lowest BCUT2D eigenvalue weighted by atomic mass is 10.1. The molecule has 0 aromatic heterocycles. The number of hydrogen-bond donors (Lipinski definition) is 1. The SMILES string of the molecule is CCOc1cc(C=C(C#N)C(=O)Nc2cccc(C(F)(F)F)c2)ccc1OC(=O)c1ccc(C)cc1. The molecule has 0 saturated heterocycles. The van der Waals surface area contributed by atoms with Gasteiger partial charge in [0.2, 0.25) is 0 Å². The van der Waals surface area contributed by atoms with E-state index in [2.05, 4.69) is 5.32 Å². The zero-order chi connectivity index (χ0) is 26.3. The highest BCUT2D eigenvalue weighted by molar-refractivity contribution is 6.09. The Kier molecular flexibility index (Phi) is 8.12. The molecule has 3 aromatic rings. The van der Waals surface area contributed by atoms with Gasteiger partial charge >= 0.3 is 12.1 Å². The molecule has 1 N–H and O–H groups in total. The Morgan fingerprint density at radius 1 is 1.03 bits per heavy atom. The van der Waals surface area contributed by atoms with Gasteiger partial charge in [-0.15, -0.1) is 0 Å². The van der Waals surface area contributed by atoms with Crippen LogP contribution in [0.4, 0.5) is 18.9 Å². The standard InChI is InChI=1S/C27H21F3N2O4/c1-3-35-24-14-18(9-12-23(24)36-26(34)19-10-7-17(2)8-11-19)13-20(16-31)25(33)32-22-6-4-5-21(15-22)27(28,29)30/h4-15H,3H2,1-2H3,(H,32,33). The molecule has 0 unspecified atom stereocenters. The first-order chi connectivity index (χ1) is 17.1. The van der Waals surface area contributed by atoms with Crippen molar-refractivity contribution >= 4 is 23.6 Å². The average Bonchev–Trinajstić information content (AvgIpc) is 2.84. The Labute approximate surface area is 205 Å². The number of nitriles is 1. The van der Waals surface area contributed by atoms with E-state index in [0.29, 0.717) is 11.1 Å². The van der Waals surface area contributed by atoms with Crippen molar-refractivity contribution in [2.24, 2.45) is 0 Å². The minimum absolute atomic E-state index is 0.107. The maximum Gasteiger partial charge on any atom is 0.416 e. The average molecular weight is 494 g/mol. The monoisotopic (exact) mass is 494 g/mol. The quantitative estimate of drug-likeness (QED) is 0.183. The van der Waals surface area contributed by atoms with Gasteiger partial charge in [-0.2, -0.15) is 18.4 Å². The van der Waals surface area contributed by atoms with Gasteiger partial charge in [0.05, 0.1) is 17.7 Å². The Bertz CT molecular complexity index is 1340. The molecule has 0 aliphatic carbocycles. The van der Waals surface area contributed by atoms with Gasteiger partial charge in [-0.25, -0.2) is 4.79 Å². The minimum Gasteiger partial charge on any atom is -0.490 e. The summed E-state index contributed by atoms with van der Waals surface area (Å²) >= 11 is 0. The molecule has 0 saturated carbocycles. The summed E-state index contributed by atoms with van der Waals surface area (Å²) in [5, 5.41) is 11.7. The summed E-state index contributed by atoms with van der Waals surface area (Å²) in [4.78, 5) is 25.0. The highest BCUT2D eigenvalue weighted by Crippen LogP contribution is 2.32. The van der Waals surface area contributed by atoms with E-state index in [1.54, 1.807) is 37.3 Å². The number of carbonyl (C=O) groups excluding carboxylic acids is 2. The molecular formula is C27H21F3N2O4. The maximum atomic E-state index is 12.9. The second-order valence-corrected chi connectivity index (χ2v) is 7.60. The third kappa shape index (κ3) is 6.73. The van der Waals surface area contributed by atoms with Crippen molar-refractivity contribution in [3.63, 3.8) is 0 Å². The topological polar surface area (TPSA) is 88.4 Å². The van der Waals surface area contributed by atoms with Crippen LogP contribution in [0.25, 0.3) is 6.08 Å². The zero-order valence-electron chi connectivity index (χ0n) is 19.3. The second-order valence-electron chi connectivity index (χ2n) is 7.60. The summed E-state index contributed by atoms with van der Waals surface area (Å²) in [7, 11) is 0. The Morgan fingerprint density at radius 3 is 2.39 bits per heavy atom. The number of halogens is 3. The molecule has 0 spiro atoms. The third-order valence-corrected chi connectivity index (χ3v) is 4.88. The molecule has 0 aliphatic heterocycles. The third-order valence-electron chi connectivity index (χ3n) is 4.88. The molecule has 184 valence electrons. The number of benzene rings is 3. The van der Waals surface area contributed by atoms with Crippen molar-refractivity contribution in [1.29, 1.82) is 5.26 Å². The van der Waals surface area contributed by atoms with Crippen molar-refractivity contribution in [2.75, 3.05) is 11.9 Å². The van der Waals surface area contributed by atoms with Crippen LogP contribution in [0.1, 0.15) is 34.0 Å². The number of rotatable bonds is 7. The molecular weight excluding hydrogens is 473 g/mol. The maximum absolute atomic E-state index is 12.9. The fourth-order valence-electron chi connectivity index (χ4n) is 3.10. The lowest BCUT2D eigenvalue weighted by Crippen LogP contribution is -2.14. The van der Waals surface area contributed by atoms with E-state index in [9.17, 15) is 28.0 Å². The number of aryl methyl sites for hydroxylation is 1. The fraction of sp³-hybridized carbons (Fsp3) is 0.148. The molecule has 3 aromatic carbocycles.